The summed E-state index contributed by atoms with van der Waals surface area (Å²) >= 11 is 1.57. The zero-order valence-electron chi connectivity index (χ0n) is 10.1. The molecule has 0 aromatic carbocycles. The molecule has 1 aromatic heterocycles. The average molecular weight is 253 g/mol. The first-order valence-electron chi connectivity index (χ1n) is 5.10. The molecule has 0 spiro atoms. The standard InChI is InChI=1S/C12H15NO3S/c1-8(9(2)12(15)16)11(14)13(3)6-10-4-5-17-7-10/h4-5,7H,6H2,1-3H3,(H,15,16). The lowest BCUT2D eigenvalue weighted by atomic mass is 10.1. The van der Waals surface area contributed by atoms with Crippen LogP contribution in [0.4, 0.5) is 0 Å². The van der Waals surface area contributed by atoms with Crippen molar-refractivity contribution in [3.8, 4) is 0 Å². The predicted octanol–water partition coefficient (Wildman–Crippen LogP) is 2.13. The Bertz CT molecular complexity index is 448. The fraction of sp³-hybridized carbons (Fsp3) is 0.333. The molecule has 0 radical (unpaired) electrons. The van der Waals surface area contributed by atoms with Crippen molar-refractivity contribution in [1.29, 1.82) is 0 Å². The fourth-order valence-corrected chi connectivity index (χ4v) is 2.00. The Morgan fingerprint density at radius 1 is 1.35 bits per heavy atom. The highest BCUT2D eigenvalue weighted by atomic mass is 32.1. The molecule has 0 saturated carbocycles. The largest absolute Gasteiger partial charge is 0.478 e. The molecule has 0 aliphatic heterocycles. The minimum absolute atomic E-state index is 0.0900. The van der Waals surface area contributed by atoms with E-state index < -0.39 is 5.97 Å². The summed E-state index contributed by atoms with van der Waals surface area (Å²) < 4.78 is 0. The van der Waals surface area contributed by atoms with Gasteiger partial charge in [-0.1, -0.05) is 0 Å². The second-order valence-electron chi connectivity index (χ2n) is 3.85. The highest BCUT2D eigenvalue weighted by Gasteiger charge is 2.16. The SMILES string of the molecule is CC(C(=O)O)=C(C)C(=O)N(C)Cc1ccsc1. The van der Waals surface area contributed by atoms with Crippen LogP contribution < -0.4 is 0 Å². The monoisotopic (exact) mass is 253 g/mol. The lowest BCUT2D eigenvalue weighted by Gasteiger charge is -2.17. The van der Waals surface area contributed by atoms with Crippen molar-refractivity contribution in [2.24, 2.45) is 0 Å². The van der Waals surface area contributed by atoms with Gasteiger partial charge in [-0.3, -0.25) is 4.79 Å². The summed E-state index contributed by atoms with van der Waals surface area (Å²) in [4.78, 5) is 24.2. The normalized spacial score (nSPS) is 11.9. The van der Waals surface area contributed by atoms with Crippen LogP contribution in [0.3, 0.4) is 0 Å². The maximum atomic E-state index is 11.9. The first-order chi connectivity index (χ1) is 7.93. The molecular weight excluding hydrogens is 238 g/mol. The zero-order valence-corrected chi connectivity index (χ0v) is 10.9. The summed E-state index contributed by atoms with van der Waals surface area (Å²) in [6.07, 6.45) is 0. The van der Waals surface area contributed by atoms with Gasteiger partial charge in [-0.25, -0.2) is 4.79 Å². The van der Waals surface area contributed by atoms with E-state index in [1.165, 1.54) is 18.7 Å². The lowest BCUT2D eigenvalue weighted by Crippen LogP contribution is -2.27. The number of rotatable bonds is 4. The van der Waals surface area contributed by atoms with Crippen LogP contribution in [0.5, 0.6) is 0 Å². The smallest absolute Gasteiger partial charge is 0.331 e. The van der Waals surface area contributed by atoms with E-state index in [2.05, 4.69) is 0 Å². The summed E-state index contributed by atoms with van der Waals surface area (Å²) in [5.74, 6) is -1.31. The van der Waals surface area contributed by atoms with Crippen LogP contribution >= 0.6 is 11.3 Å². The molecule has 17 heavy (non-hydrogen) atoms. The highest BCUT2D eigenvalue weighted by molar-refractivity contribution is 7.07. The maximum absolute atomic E-state index is 11.9. The van der Waals surface area contributed by atoms with Gasteiger partial charge < -0.3 is 10.0 Å². The molecule has 0 aliphatic rings. The van der Waals surface area contributed by atoms with Gasteiger partial charge in [0.15, 0.2) is 0 Å². The minimum Gasteiger partial charge on any atom is -0.478 e. The number of thiophene rings is 1. The molecule has 0 fully saturated rings. The highest BCUT2D eigenvalue weighted by Crippen LogP contribution is 2.12. The molecular formula is C12H15NO3S. The Hall–Kier alpha value is -1.62. The average Bonchev–Trinajstić information content (AvgIpc) is 2.78. The van der Waals surface area contributed by atoms with Gasteiger partial charge in [-0.05, 0) is 36.2 Å². The Kier molecular flexibility index (Phi) is 4.45. The van der Waals surface area contributed by atoms with E-state index in [4.69, 9.17) is 5.11 Å². The Balaban J connectivity index is 2.77. The first kappa shape index (κ1) is 13.4. The second kappa shape index (κ2) is 5.63. The van der Waals surface area contributed by atoms with Crippen LogP contribution in [0.2, 0.25) is 0 Å². The number of nitrogens with zero attached hydrogens (tertiary/aromatic N) is 1. The number of carbonyl (C=O) groups is 2. The van der Waals surface area contributed by atoms with Gasteiger partial charge >= 0.3 is 5.97 Å². The van der Waals surface area contributed by atoms with Gasteiger partial charge in [0, 0.05) is 24.7 Å². The maximum Gasteiger partial charge on any atom is 0.331 e. The summed E-state index contributed by atoms with van der Waals surface area (Å²) in [6.45, 7) is 3.47. The Morgan fingerprint density at radius 2 is 2.00 bits per heavy atom. The zero-order chi connectivity index (χ0) is 13.0. The molecule has 5 heteroatoms. The molecule has 4 nitrogen and oxygen atoms in total. The topological polar surface area (TPSA) is 57.6 Å². The number of hydrogen-bond donors (Lipinski definition) is 1. The van der Waals surface area contributed by atoms with E-state index in [1.54, 1.807) is 18.4 Å². The third kappa shape index (κ3) is 3.42. The molecule has 0 unspecified atom stereocenters. The van der Waals surface area contributed by atoms with Gasteiger partial charge in [0.05, 0.1) is 0 Å². The van der Waals surface area contributed by atoms with Crippen LogP contribution in [0, 0.1) is 0 Å². The number of aliphatic carboxylic acids is 1. The van der Waals surface area contributed by atoms with Crippen LogP contribution in [-0.2, 0) is 16.1 Å². The third-order valence-electron chi connectivity index (χ3n) is 2.55. The van der Waals surface area contributed by atoms with E-state index in [1.807, 2.05) is 16.8 Å². The molecule has 1 rings (SSSR count). The number of carboxylic acid groups (broad SMARTS) is 1. The van der Waals surface area contributed by atoms with Gasteiger partial charge in [0.25, 0.3) is 0 Å². The van der Waals surface area contributed by atoms with E-state index in [0.717, 1.165) is 5.56 Å². The van der Waals surface area contributed by atoms with Gasteiger partial charge in [-0.2, -0.15) is 11.3 Å². The van der Waals surface area contributed by atoms with Crippen molar-refractivity contribution >= 4 is 23.2 Å². The minimum atomic E-state index is -1.06. The van der Waals surface area contributed by atoms with Crippen molar-refractivity contribution in [2.75, 3.05) is 7.05 Å². The molecule has 1 N–H and O–H groups in total. The van der Waals surface area contributed by atoms with Gasteiger partial charge in [0.2, 0.25) is 5.91 Å². The van der Waals surface area contributed by atoms with Crippen molar-refractivity contribution in [3.63, 3.8) is 0 Å². The quantitative estimate of drug-likeness (QED) is 0.836. The van der Waals surface area contributed by atoms with Crippen LogP contribution in [0.25, 0.3) is 0 Å². The molecule has 0 bridgehead atoms. The summed E-state index contributed by atoms with van der Waals surface area (Å²) in [5.41, 5.74) is 1.41. The van der Waals surface area contributed by atoms with Crippen molar-refractivity contribution in [3.05, 3.63) is 33.5 Å². The molecule has 0 saturated heterocycles. The molecule has 0 aliphatic carbocycles. The number of amides is 1. The number of hydrogen-bond acceptors (Lipinski definition) is 3. The van der Waals surface area contributed by atoms with Crippen LogP contribution in [0.1, 0.15) is 19.4 Å². The summed E-state index contributed by atoms with van der Waals surface area (Å²) in [7, 11) is 1.67. The number of carbonyl (C=O) groups excluding carboxylic acids is 1. The van der Waals surface area contributed by atoms with Crippen LogP contribution in [-0.4, -0.2) is 28.9 Å². The summed E-state index contributed by atoms with van der Waals surface area (Å²) in [5, 5.41) is 12.7. The molecule has 1 aromatic rings. The number of carboxylic acids is 1. The van der Waals surface area contributed by atoms with Crippen molar-refractivity contribution < 1.29 is 14.7 Å². The van der Waals surface area contributed by atoms with E-state index in [0.29, 0.717) is 6.54 Å². The van der Waals surface area contributed by atoms with E-state index in [9.17, 15) is 9.59 Å². The van der Waals surface area contributed by atoms with Gasteiger partial charge in [-0.15, -0.1) is 0 Å². The molecule has 1 heterocycles. The van der Waals surface area contributed by atoms with E-state index in [-0.39, 0.29) is 17.1 Å². The molecule has 0 atom stereocenters. The fourth-order valence-electron chi connectivity index (χ4n) is 1.34. The summed E-state index contributed by atoms with van der Waals surface area (Å²) in [6, 6.07) is 1.94. The van der Waals surface area contributed by atoms with Crippen LogP contribution in [0.15, 0.2) is 28.0 Å². The number of likely N-dealkylation sites (N-methyl/N-ethyl adjacent to an activating group) is 1. The lowest BCUT2D eigenvalue weighted by molar-refractivity contribution is -0.133. The second-order valence-corrected chi connectivity index (χ2v) is 4.63. The third-order valence-corrected chi connectivity index (χ3v) is 3.28. The van der Waals surface area contributed by atoms with E-state index >= 15 is 0 Å². The Morgan fingerprint density at radius 3 is 2.47 bits per heavy atom. The van der Waals surface area contributed by atoms with Crippen molar-refractivity contribution in [2.45, 2.75) is 20.4 Å². The Labute approximate surface area is 104 Å². The van der Waals surface area contributed by atoms with Gasteiger partial charge in [0.1, 0.15) is 0 Å². The molecule has 92 valence electrons. The first-order valence-corrected chi connectivity index (χ1v) is 6.05. The predicted molar refractivity (Wildman–Crippen MR) is 66.8 cm³/mol. The van der Waals surface area contributed by atoms with Crippen molar-refractivity contribution in [1.82, 2.24) is 4.90 Å². The molecule has 1 amide bonds.